The fourth-order valence-electron chi connectivity index (χ4n) is 2.06. The van der Waals surface area contributed by atoms with Gasteiger partial charge in [-0.25, -0.2) is 0 Å². The van der Waals surface area contributed by atoms with Crippen LogP contribution in [0.25, 0.3) is 10.9 Å². The normalized spacial score (nSPS) is 12.7. The third-order valence-corrected chi connectivity index (χ3v) is 3.29. The van der Waals surface area contributed by atoms with E-state index < -0.39 is 6.10 Å². The summed E-state index contributed by atoms with van der Waals surface area (Å²) in [4.78, 5) is 16.3. The minimum Gasteiger partial charge on any atom is -0.392 e. The van der Waals surface area contributed by atoms with Crippen LogP contribution >= 0.6 is 0 Å². The summed E-state index contributed by atoms with van der Waals surface area (Å²) in [5.41, 5.74) is 2.53. The molecule has 1 unspecified atom stereocenters. The average molecular weight is 272 g/mol. The Morgan fingerprint density at radius 3 is 2.85 bits per heavy atom. The van der Waals surface area contributed by atoms with Crippen LogP contribution in [0.4, 0.5) is 5.69 Å². The third kappa shape index (κ3) is 3.33. The molecule has 1 atom stereocenters. The van der Waals surface area contributed by atoms with Crippen LogP contribution in [-0.2, 0) is 4.79 Å². The van der Waals surface area contributed by atoms with Gasteiger partial charge in [0.25, 0.3) is 0 Å². The number of anilines is 1. The summed E-state index contributed by atoms with van der Waals surface area (Å²) >= 11 is 0. The number of nitrogens with zero attached hydrogens (tertiary/aromatic N) is 1. The summed E-state index contributed by atoms with van der Waals surface area (Å²) in [5, 5.41) is 13.6. The minimum atomic E-state index is -0.626. The molecule has 0 aliphatic carbocycles. The quantitative estimate of drug-likeness (QED) is 0.899. The van der Waals surface area contributed by atoms with Gasteiger partial charge in [0.2, 0.25) is 5.91 Å². The molecule has 0 spiro atoms. The predicted octanol–water partition coefficient (Wildman–Crippen LogP) is 2.89. The molecule has 2 rings (SSSR count). The van der Waals surface area contributed by atoms with Crippen LogP contribution in [0, 0.1) is 12.8 Å². The zero-order chi connectivity index (χ0) is 14.7. The van der Waals surface area contributed by atoms with E-state index in [1.807, 2.05) is 45.0 Å². The highest BCUT2D eigenvalue weighted by Crippen LogP contribution is 2.23. The number of fused-ring (bicyclic) bond motifs is 1. The van der Waals surface area contributed by atoms with Crippen molar-refractivity contribution >= 4 is 22.5 Å². The van der Waals surface area contributed by atoms with Crippen LogP contribution < -0.4 is 5.32 Å². The van der Waals surface area contributed by atoms with E-state index in [1.54, 1.807) is 6.20 Å². The Bertz CT molecular complexity index is 623. The van der Waals surface area contributed by atoms with Gasteiger partial charge >= 0.3 is 0 Å². The van der Waals surface area contributed by atoms with E-state index in [1.165, 1.54) is 0 Å². The van der Waals surface area contributed by atoms with E-state index in [2.05, 4.69) is 10.3 Å². The smallest absolute Gasteiger partial charge is 0.227 e. The van der Waals surface area contributed by atoms with Crippen molar-refractivity contribution in [2.45, 2.75) is 33.3 Å². The van der Waals surface area contributed by atoms with Crippen molar-refractivity contribution in [3.63, 3.8) is 0 Å². The van der Waals surface area contributed by atoms with Crippen molar-refractivity contribution in [1.29, 1.82) is 0 Å². The monoisotopic (exact) mass is 272 g/mol. The number of hydrogen-bond acceptors (Lipinski definition) is 3. The molecular formula is C16H20N2O2. The fourth-order valence-corrected chi connectivity index (χ4v) is 2.06. The Morgan fingerprint density at radius 1 is 1.40 bits per heavy atom. The van der Waals surface area contributed by atoms with Crippen LogP contribution in [0.3, 0.4) is 0 Å². The van der Waals surface area contributed by atoms with Gasteiger partial charge in [-0.2, -0.15) is 0 Å². The van der Waals surface area contributed by atoms with E-state index in [0.29, 0.717) is 5.69 Å². The van der Waals surface area contributed by atoms with Crippen LogP contribution in [0.5, 0.6) is 0 Å². The van der Waals surface area contributed by atoms with E-state index in [-0.39, 0.29) is 18.2 Å². The van der Waals surface area contributed by atoms with E-state index in [9.17, 15) is 9.90 Å². The van der Waals surface area contributed by atoms with Gasteiger partial charge in [0, 0.05) is 11.6 Å². The molecule has 2 N–H and O–H groups in total. The molecular weight excluding hydrogens is 252 g/mol. The molecule has 0 aliphatic rings. The van der Waals surface area contributed by atoms with Crippen LogP contribution in [0.2, 0.25) is 0 Å². The molecule has 2 aromatic rings. The summed E-state index contributed by atoms with van der Waals surface area (Å²) in [5.74, 6) is -0.128. The van der Waals surface area contributed by atoms with Crippen LogP contribution in [0.1, 0.15) is 25.8 Å². The van der Waals surface area contributed by atoms with Crippen molar-refractivity contribution in [3.8, 4) is 0 Å². The average Bonchev–Trinajstić information content (AvgIpc) is 2.38. The molecule has 1 aromatic heterocycles. The predicted molar refractivity (Wildman–Crippen MR) is 80.6 cm³/mol. The van der Waals surface area contributed by atoms with E-state index in [0.717, 1.165) is 16.5 Å². The zero-order valence-corrected chi connectivity index (χ0v) is 12.1. The first-order valence-corrected chi connectivity index (χ1v) is 6.80. The molecule has 1 amide bonds. The number of hydrogen-bond donors (Lipinski definition) is 2. The SMILES string of the molecule is Cc1cc(NC(=O)CC(O)C(C)C)c2ncccc2c1. The number of amides is 1. The number of aryl methyl sites for hydroxylation is 1. The maximum atomic E-state index is 12.0. The highest BCUT2D eigenvalue weighted by atomic mass is 16.3. The highest BCUT2D eigenvalue weighted by molar-refractivity contribution is 6.00. The largest absolute Gasteiger partial charge is 0.392 e. The summed E-state index contributed by atoms with van der Waals surface area (Å²) in [6.45, 7) is 5.76. The molecule has 0 radical (unpaired) electrons. The van der Waals surface area contributed by atoms with E-state index in [4.69, 9.17) is 0 Å². The van der Waals surface area contributed by atoms with E-state index >= 15 is 0 Å². The van der Waals surface area contributed by atoms with Crippen molar-refractivity contribution in [3.05, 3.63) is 36.0 Å². The minimum absolute atomic E-state index is 0.0631. The number of aromatic nitrogens is 1. The molecule has 0 bridgehead atoms. The molecule has 0 aliphatic heterocycles. The highest BCUT2D eigenvalue weighted by Gasteiger charge is 2.15. The molecule has 1 heterocycles. The Balaban J connectivity index is 2.23. The van der Waals surface area contributed by atoms with Crippen molar-refractivity contribution in [2.24, 2.45) is 5.92 Å². The van der Waals surface area contributed by atoms with Crippen molar-refractivity contribution in [1.82, 2.24) is 4.98 Å². The summed E-state index contributed by atoms with van der Waals surface area (Å²) in [7, 11) is 0. The van der Waals surface area contributed by atoms with Gasteiger partial charge in [0.15, 0.2) is 0 Å². The van der Waals surface area contributed by atoms with Crippen LogP contribution in [0.15, 0.2) is 30.5 Å². The number of pyridine rings is 1. The number of carbonyl (C=O) groups is 1. The van der Waals surface area contributed by atoms with Gasteiger partial charge in [0.1, 0.15) is 0 Å². The molecule has 0 saturated heterocycles. The number of aliphatic hydroxyl groups is 1. The molecule has 0 saturated carbocycles. The number of carbonyl (C=O) groups excluding carboxylic acids is 1. The summed E-state index contributed by atoms with van der Waals surface area (Å²) in [6, 6.07) is 7.76. The number of nitrogens with one attached hydrogen (secondary N) is 1. The second kappa shape index (κ2) is 6.01. The molecule has 4 heteroatoms. The van der Waals surface area contributed by atoms with Gasteiger partial charge < -0.3 is 10.4 Å². The number of benzene rings is 1. The first kappa shape index (κ1) is 14.5. The van der Waals surface area contributed by atoms with Crippen molar-refractivity contribution in [2.75, 3.05) is 5.32 Å². The summed E-state index contributed by atoms with van der Waals surface area (Å²) < 4.78 is 0. The molecule has 1 aromatic carbocycles. The molecule has 106 valence electrons. The zero-order valence-electron chi connectivity index (χ0n) is 12.1. The molecule has 0 fully saturated rings. The van der Waals surface area contributed by atoms with Gasteiger partial charge in [-0.15, -0.1) is 0 Å². The van der Waals surface area contributed by atoms with Gasteiger partial charge in [-0.1, -0.05) is 19.9 Å². The standard InChI is InChI=1S/C16H20N2O2/c1-10(2)14(19)9-15(20)18-13-8-11(3)7-12-5-4-6-17-16(12)13/h4-8,10,14,19H,9H2,1-3H3,(H,18,20). The lowest BCUT2D eigenvalue weighted by molar-refractivity contribution is -0.118. The maximum absolute atomic E-state index is 12.0. The first-order chi connectivity index (χ1) is 9.47. The fraction of sp³-hybridized carbons (Fsp3) is 0.375. The Hall–Kier alpha value is -1.94. The number of aliphatic hydroxyl groups excluding tert-OH is 1. The maximum Gasteiger partial charge on any atom is 0.227 e. The topological polar surface area (TPSA) is 62.2 Å². The lowest BCUT2D eigenvalue weighted by Crippen LogP contribution is -2.23. The Labute approximate surface area is 118 Å². The first-order valence-electron chi connectivity index (χ1n) is 6.80. The molecule has 4 nitrogen and oxygen atoms in total. The lowest BCUT2D eigenvalue weighted by atomic mass is 10.0. The Kier molecular flexibility index (Phi) is 4.35. The second-order valence-electron chi connectivity index (χ2n) is 5.45. The number of rotatable bonds is 4. The Morgan fingerprint density at radius 2 is 2.15 bits per heavy atom. The lowest BCUT2D eigenvalue weighted by Gasteiger charge is -2.15. The van der Waals surface area contributed by atoms with Crippen molar-refractivity contribution < 1.29 is 9.90 Å². The van der Waals surface area contributed by atoms with Gasteiger partial charge in [-0.05, 0) is 36.6 Å². The van der Waals surface area contributed by atoms with Crippen LogP contribution in [-0.4, -0.2) is 22.1 Å². The third-order valence-electron chi connectivity index (χ3n) is 3.29. The molecule has 20 heavy (non-hydrogen) atoms. The summed E-state index contributed by atoms with van der Waals surface area (Å²) in [6.07, 6.45) is 1.18. The van der Waals surface area contributed by atoms with Gasteiger partial charge in [0.05, 0.1) is 23.7 Å². The van der Waals surface area contributed by atoms with Gasteiger partial charge in [-0.3, -0.25) is 9.78 Å². The second-order valence-corrected chi connectivity index (χ2v) is 5.45.